The molecule has 0 radical (unpaired) electrons. The molecule has 0 bridgehead atoms. The number of carbonyl (C=O) groups is 2. The van der Waals surface area contributed by atoms with Crippen molar-refractivity contribution in [3.63, 3.8) is 0 Å². The fourth-order valence-corrected chi connectivity index (χ4v) is 3.39. The Balaban J connectivity index is 1.44. The lowest BCUT2D eigenvalue weighted by Crippen LogP contribution is -2.47. The number of nitrogens with one attached hydrogen (secondary N) is 3. The molecule has 0 spiro atoms. The van der Waals surface area contributed by atoms with Gasteiger partial charge in [0.2, 0.25) is 5.91 Å². The van der Waals surface area contributed by atoms with Gasteiger partial charge in [-0.25, -0.2) is 4.79 Å². The average molecular weight is 375 g/mol. The van der Waals surface area contributed by atoms with Crippen LogP contribution in [0.1, 0.15) is 44.1 Å². The lowest BCUT2D eigenvalue weighted by atomic mass is 10.1. The van der Waals surface area contributed by atoms with E-state index in [0.29, 0.717) is 31.9 Å². The number of amides is 3. The van der Waals surface area contributed by atoms with Crippen LogP contribution < -0.4 is 16.0 Å². The van der Waals surface area contributed by atoms with Crippen LogP contribution >= 0.6 is 0 Å². The highest BCUT2D eigenvalue weighted by atomic mass is 16.5. The van der Waals surface area contributed by atoms with E-state index in [-0.39, 0.29) is 18.0 Å². The molecule has 2 fully saturated rings. The van der Waals surface area contributed by atoms with Crippen LogP contribution in [-0.2, 0) is 20.9 Å². The molecule has 2 aliphatic rings. The highest BCUT2D eigenvalue weighted by Gasteiger charge is 2.22. The van der Waals surface area contributed by atoms with Crippen molar-refractivity contribution in [3.8, 4) is 0 Å². The molecule has 0 saturated carbocycles. The first-order valence-corrected chi connectivity index (χ1v) is 9.84. The molecule has 7 heteroatoms. The van der Waals surface area contributed by atoms with Gasteiger partial charge < -0.3 is 25.4 Å². The molecule has 2 unspecified atom stereocenters. The molecular formula is C20H29N3O4. The maximum absolute atomic E-state index is 12.2. The molecule has 2 aliphatic heterocycles. The Labute approximate surface area is 160 Å². The first-order valence-electron chi connectivity index (χ1n) is 9.84. The Hall–Kier alpha value is -2.12. The van der Waals surface area contributed by atoms with Crippen LogP contribution in [0.15, 0.2) is 24.3 Å². The molecule has 0 aromatic heterocycles. The number of ether oxygens (including phenoxy) is 2. The SMILES string of the molecule is O=C(Nc1cccc(COCC2CCCCO2)c1)NC1CCCCNC1=O. The quantitative estimate of drug-likeness (QED) is 0.713. The van der Waals surface area contributed by atoms with E-state index in [9.17, 15) is 9.59 Å². The average Bonchev–Trinajstić information content (AvgIpc) is 2.87. The second kappa shape index (κ2) is 10.3. The van der Waals surface area contributed by atoms with Crippen molar-refractivity contribution >= 4 is 17.6 Å². The molecule has 3 rings (SSSR count). The summed E-state index contributed by atoms with van der Waals surface area (Å²) in [6.45, 7) is 2.56. The van der Waals surface area contributed by atoms with Gasteiger partial charge >= 0.3 is 6.03 Å². The number of urea groups is 1. The molecule has 2 saturated heterocycles. The first-order chi connectivity index (χ1) is 13.2. The van der Waals surface area contributed by atoms with Gasteiger partial charge in [0.05, 0.1) is 19.3 Å². The second-order valence-corrected chi connectivity index (χ2v) is 7.14. The summed E-state index contributed by atoms with van der Waals surface area (Å²) < 4.78 is 11.4. The monoisotopic (exact) mass is 375 g/mol. The molecule has 0 aliphatic carbocycles. The molecule has 7 nitrogen and oxygen atoms in total. The summed E-state index contributed by atoms with van der Waals surface area (Å²) in [4.78, 5) is 24.1. The van der Waals surface area contributed by atoms with Gasteiger partial charge in [-0.15, -0.1) is 0 Å². The van der Waals surface area contributed by atoms with E-state index >= 15 is 0 Å². The summed E-state index contributed by atoms with van der Waals surface area (Å²) in [6, 6.07) is 6.70. The Bertz CT molecular complexity index is 631. The summed E-state index contributed by atoms with van der Waals surface area (Å²) in [6.07, 6.45) is 6.10. The summed E-state index contributed by atoms with van der Waals surface area (Å²) in [5.41, 5.74) is 1.66. The molecule has 3 N–H and O–H groups in total. The summed E-state index contributed by atoms with van der Waals surface area (Å²) >= 11 is 0. The van der Waals surface area contributed by atoms with Crippen LogP contribution in [0.25, 0.3) is 0 Å². The second-order valence-electron chi connectivity index (χ2n) is 7.14. The summed E-state index contributed by atoms with van der Waals surface area (Å²) in [7, 11) is 0. The van der Waals surface area contributed by atoms with E-state index < -0.39 is 6.04 Å². The predicted octanol–water partition coefficient (Wildman–Crippen LogP) is 2.56. The molecule has 1 aromatic carbocycles. The lowest BCUT2D eigenvalue weighted by Gasteiger charge is -2.22. The molecule has 148 valence electrons. The van der Waals surface area contributed by atoms with Crippen molar-refractivity contribution in [2.75, 3.05) is 25.1 Å². The van der Waals surface area contributed by atoms with E-state index in [1.54, 1.807) is 0 Å². The molecule has 2 heterocycles. The van der Waals surface area contributed by atoms with Gasteiger partial charge in [-0.2, -0.15) is 0 Å². The summed E-state index contributed by atoms with van der Waals surface area (Å²) in [5, 5.41) is 8.37. The third-order valence-corrected chi connectivity index (χ3v) is 4.87. The predicted molar refractivity (Wildman–Crippen MR) is 102 cm³/mol. The zero-order valence-electron chi connectivity index (χ0n) is 15.7. The molecule has 2 atom stereocenters. The van der Waals surface area contributed by atoms with Crippen LogP contribution in [0.2, 0.25) is 0 Å². The minimum atomic E-state index is -0.477. The third-order valence-electron chi connectivity index (χ3n) is 4.87. The van der Waals surface area contributed by atoms with Crippen molar-refractivity contribution in [2.24, 2.45) is 0 Å². The van der Waals surface area contributed by atoms with Crippen molar-refractivity contribution in [1.82, 2.24) is 10.6 Å². The number of rotatable bonds is 6. The van der Waals surface area contributed by atoms with Crippen molar-refractivity contribution in [1.29, 1.82) is 0 Å². The topological polar surface area (TPSA) is 88.7 Å². The highest BCUT2D eigenvalue weighted by molar-refractivity contribution is 5.93. The van der Waals surface area contributed by atoms with Crippen LogP contribution in [-0.4, -0.2) is 43.8 Å². The van der Waals surface area contributed by atoms with E-state index in [1.165, 1.54) is 6.42 Å². The van der Waals surface area contributed by atoms with Gasteiger partial charge in [0.1, 0.15) is 6.04 Å². The molecule has 3 amide bonds. The van der Waals surface area contributed by atoms with E-state index in [4.69, 9.17) is 9.47 Å². The maximum atomic E-state index is 12.2. The molecule has 1 aromatic rings. The molecular weight excluding hydrogens is 346 g/mol. The fraction of sp³-hybridized carbons (Fsp3) is 0.600. The number of benzene rings is 1. The first kappa shape index (κ1) is 19.6. The van der Waals surface area contributed by atoms with Gasteiger partial charge in [0.25, 0.3) is 0 Å². The number of hydrogen-bond donors (Lipinski definition) is 3. The van der Waals surface area contributed by atoms with E-state index in [0.717, 1.165) is 37.9 Å². The fourth-order valence-electron chi connectivity index (χ4n) is 3.39. The van der Waals surface area contributed by atoms with Gasteiger partial charge in [-0.05, 0) is 56.2 Å². The van der Waals surface area contributed by atoms with Gasteiger partial charge in [0.15, 0.2) is 0 Å². The van der Waals surface area contributed by atoms with E-state index in [1.807, 2.05) is 24.3 Å². The Morgan fingerprint density at radius 3 is 2.96 bits per heavy atom. The minimum absolute atomic E-state index is 0.116. The normalized spacial score (nSPS) is 23.2. The van der Waals surface area contributed by atoms with Crippen molar-refractivity contribution in [3.05, 3.63) is 29.8 Å². The Morgan fingerprint density at radius 2 is 2.11 bits per heavy atom. The van der Waals surface area contributed by atoms with Crippen molar-refractivity contribution in [2.45, 2.75) is 57.3 Å². The standard InChI is InChI=1S/C20H29N3O4/c24-19-18(9-1-3-10-21-19)23-20(25)22-16-7-5-6-15(12-16)13-26-14-17-8-2-4-11-27-17/h5-7,12,17-18H,1-4,8-11,13-14H2,(H,21,24)(H2,22,23,25). The maximum Gasteiger partial charge on any atom is 0.319 e. The smallest absolute Gasteiger partial charge is 0.319 e. The van der Waals surface area contributed by atoms with Crippen LogP contribution in [0.4, 0.5) is 10.5 Å². The number of carbonyl (C=O) groups excluding carboxylic acids is 2. The zero-order chi connectivity index (χ0) is 18.9. The molecule has 27 heavy (non-hydrogen) atoms. The van der Waals surface area contributed by atoms with Crippen LogP contribution in [0, 0.1) is 0 Å². The zero-order valence-corrected chi connectivity index (χ0v) is 15.7. The minimum Gasteiger partial charge on any atom is -0.376 e. The Morgan fingerprint density at radius 1 is 1.22 bits per heavy atom. The third kappa shape index (κ3) is 6.52. The van der Waals surface area contributed by atoms with Gasteiger partial charge in [-0.1, -0.05) is 12.1 Å². The van der Waals surface area contributed by atoms with Crippen LogP contribution in [0.3, 0.4) is 0 Å². The van der Waals surface area contributed by atoms with Crippen LogP contribution in [0.5, 0.6) is 0 Å². The highest BCUT2D eigenvalue weighted by Crippen LogP contribution is 2.15. The summed E-state index contributed by atoms with van der Waals surface area (Å²) in [5.74, 6) is -0.116. The van der Waals surface area contributed by atoms with Gasteiger partial charge in [0, 0.05) is 18.8 Å². The largest absolute Gasteiger partial charge is 0.376 e. The number of anilines is 1. The lowest BCUT2D eigenvalue weighted by molar-refractivity contribution is -0.122. The Kier molecular flexibility index (Phi) is 7.47. The van der Waals surface area contributed by atoms with Gasteiger partial charge in [-0.3, -0.25) is 4.79 Å². The van der Waals surface area contributed by atoms with E-state index in [2.05, 4.69) is 16.0 Å². The number of hydrogen-bond acceptors (Lipinski definition) is 4. The van der Waals surface area contributed by atoms with Crippen molar-refractivity contribution < 1.29 is 19.1 Å².